The van der Waals surface area contributed by atoms with E-state index in [1.807, 2.05) is 13.8 Å². The highest BCUT2D eigenvalue weighted by molar-refractivity contribution is 7.87. The Bertz CT molecular complexity index is 254. The van der Waals surface area contributed by atoms with Crippen molar-refractivity contribution < 1.29 is 8.42 Å². The summed E-state index contributed by atoms with van der Waals surface area (Å²) in [5.74, 6) is 0.243. The molecule has 0 saturated heterocycles. The van der Waals surface area contributed by atoms with Crippen molar-refractivity contribution in [2.75, 3.05) is 6.54 Å². The Balaban J connectivity index is 0.000000921. The molecule has 0 heterocycles. The summed E-state index contributed by atoms with van der Waals surface area (Å²) >= 11 is 0. The fourth-order valence-electron chi connectivity index (χ4n) is 1.71. The first kappa shape index (κ1) is 14.8. The number of hydrogen-bond acceptors (Lipinski definition) is 3. The maximum Gasteiger partial charge on any atom is 0.274 e. The van der Waals surface area contributed by atoms with Crippen LogP contribution in [0.1, 0.15) is 39.5 Å². The highest BCUT2D eigenvalue weighted by atomic mass is 32.2. The quantitative estimate of drug-likeness (QED) is 0.659. The number of hydrogen-bond donors (Lipinski definition) is 3. The van der Waals surface area contributed by atoms with Crippen molar-refractivity contribution in [1.82, 2.24) is 4.72 Å². The van der Waals surface area contributed by atoms with Gasteiger partial charge in [0, 0.05) is 12.6 Å². The van der Waals surface area contributed by atoms with E-state index >= 15 is 0 Å². The minimum atomic E-state index is -3.55. The molecule has 0 aliphatic heterocycles. The van der Waals surface area contributed by atoms with E-state index in [0.717, 1.165) is 25.7 Å². The van der Waals surface area contributed by atoms with Crippen LogP contribution in [-0.4, -0.2) is 21.0 Å². The SMILES string of the molecule is CC.NC1CCCCC1CNS(N)(=O)=O. The highest BCUT2D eigenvalue weighted by Crippen LogP contribution is 2.22. The summed E-state index contributed by atoms with van der Waals surface area (Å²) in [7, 11) is -3.55. The van der Waals surface area contributed by atoms with Crippen LogP contribution in [0.3, 0.4) is 0 Å². The number of nitrogens with two attached hydrogens (primary N) is 2. The second-order valence-corrected chi connectivity index (χ2v) is 4.98. The van der Waals surface area contributed by atoms with Gasteiger partial charge in [-0.3, -0.25) is 0 Å². The van der Waals surface area contributed by atoms with Gasteiger partial charge < -0.3 is 5.73 Å². The Labute approximate surface area is 92.8 Å². The fraction of sp³-hybridized carbons (Fsp3) is 1.00. The molecule has 15 heavy (non-hydrogen) atoms. The fourth-order valence-corrected chi connectivity index (χ4v) is 2.16. The predicted octanol–water partition coefficient (Wildman–Crippen LogP) is 0.323. The highest BCUT2D eigenvalue weighted by Gasteiger charge is 2.22. The predicted molar refractivity (Wildman–Crippen MR) is 62.4 cm³/mol. The van der Waals surface area contributed by atoms with Crippen molar-refractivity contribution in [1.29, 1.82) is 0 Å². The molecule has 1 aliphatic carbocycles. The summed E-state index contributed by atoms with van der Waals surface area (Å²) in [6.07, 6.45) is 4.25. The van der Waals surface area contributed by atoms with E-state index in [9.17, 15) is 8.42 Å². The molecule has 0 spiro atoms. The van der Waals surface area contributed by atoms with Gasteiger partial charge in [-0.15, -0.1) is 0 Å². The van der Waals surface area contributed by atoms with Gasteiger partial charge in [0.05, 0.1) is 0 Å². The first-order chi connectivity index (χ1) is 6.99. The number of rotatable bonds is 3. The minimum Gasteiger partial charge on any atom is -0.327 e. The molecule has 0 bridgehead atoms. The summed E-state index contributed by atoms with van der Waals surface area (Å²) in [5, 5.41) is 4.82. The van der Waals surface area contributed by atoms with E-state index in [0.29, 0.717) is 6.54 Å². The van der Waals surface area contributed by atoms with Gasteiger partial charge in [-0.25, -0.2) is 9.86 Å². The second-order valence-electron chi connectivity index (χ2n) is 3.60. The van der Waals surface area contributed by atoms with Crippen LogP contribution in [-0.2, 0) is 10.2 Å². The molecule has 92 valence electrons. The molecule has 0 aromatic rings. The number of nitrogens with one attached hydrogen (secondary N) is 1. The zero-order chi connectivity index (χ0) is 11.9. The molecule has 0 aromatic heterocycles. The van der Waals surface area contributed by atoms with E-state index in [1.54, 1.807) is 0 Å². The van der Waals surface area contributed by atoms with Crippen molar-refractivity contribution in [3.05, 3.63) is 0 Å². The lowest BCUT2D eigenvalue weighted by molar-refractivity contribution is 0.308. The summed E-state index contributed by atoms with van der Waals surface area (Å²) < 4.78 is 23.5. The van der Waals surface area contributed by atoms with Gasteiger partial charge in [0.1, 0.15) is 0 Å². The molecule has 0 amide bonds. The van der Waals surface area contributed by atoms with Crippen LogP contribution in [0.2, 0.25) is 0 Å². The third-order valence-electron chi connectivity index (χ3n) is 2.51. The normalized spacial score (nSPS) is 26.7. The standard InChI is InChI=1S/C7H17N3O2S.C2H6/c8-7-4-2-1-3-6(7)5-10-13(9,11)12;1-2/h6-7,10H,1-5,8H2,(H2,9,11,12);1-2H3. The maximum absolute atomic E-state index is 10.6. The first-order valence-electron chi connectivity index (χ1n) is 5.52. The van der Waals surface area contributed by atoms with Crippen LogP contribution in [0, 0.1) is 5.92 Å². The molecule has 5 nitrogen and oxygen atoms in total. The van der Waals surface area contributed by atoms with Gasteiger partial charge in [0.15, 0.2) is 0 Å². The third-order valence-corrected chi connectivity index (χ3v) is 3.08. The molecule has 5 N–H and O–H groups in total. The van der Waals surface area contributed by atoms with E-state index in [1.165, 1.54) is 0 Å². The van der Waals surface area contributed by atoms with E-state index in [2.05, 4.69) is 4.72 Å². The van der Waals surface area contributed by atoms with Crippen LogP contribution in [0.4, 0.5) is 0 Å². The van der Waals surface area contributed by atoms with Gasteiger partial charge in [0.2, 0.25) is 0 Å². The van der Waals surface area contributed by atoms with Crippen LogP contribution in [0.15, 0.2) is 0 Å². The second kappa shape index (κ2) is 7.16. The monoisotopic (exact) mass is 237 g/mol. The van der Waals surface area contributed by atoms with Crippen LogP contribution in [0.25, 0.3) is 0 Å². The minimum absolute atomic E-state index is 0.114. The average Bonchev–Trinajstić information content (AvgIpc) is 2.18. The van der Waals surface area contributed by atoms with Crippen molar-refractivity contribution in [2.24, 2.45) is 16.8 Å². The maximum atomic E-state index is 10.6. The van der Waals surface area contributed by atoms with Gasteiger partial charge in [-0.1, -0.05) is 26.7 Å². The summed E-state index contributed by atoms with van der Waals surface area (Å²) in [6, 6.07) is 0.114. The lowest BCUT2D eigenvalue weighted by Gasteiger charge is -2.28. The molecule has 1 rings (SSSR count). The molecule has 2 unspecified atom stereocenters. The molecule has 0 radical (unpaired) electrons. The van der Waals surface area contributed by atoms with Crippen molar-refractivity contribution in [3.8, 4) is 0 Å². The molecule has 6 heteroatoms. The van der Waals surface area contributed by atoms with Crippen molar-refractivity contribution in [3.63, 3.8) is 0 Å². The van der Waals surface area contributed by atoms with E-state index in [-0.39, 0.29) is 12.0 Å². The Hall–Kier alpha value is -0.170. The van der Waals surface area contributed by atoms with E-state index in [4.69, 9.17) is 10.9 Å². The zero-order valence-corrected chi connectivity index (χ0v) is 10.4. The van der Waals surface area contributed by atoms with E-state index < -0.39 is 10.2 Å². The molecule has 1 saturated carbocycles. The summed E-state index contributed by atoms with van der Waals surface area (Å²) in [5.41, 5.74) is 5.83. The van der Waals surface area contributed by atoms with Crippen molar-refractivity contribution >= 4 is 10.2 Å². The zero-order valence-electron chi connectivity index (χ0n) is 9.57. The molecular weight excluding hydrogens is 214 g/mol. The lowest BCUT2D eigenvalue weighted by Crippen LogP contribution is -2.42. The Morgan fingerprint density at radius 3 is 2.27 bits per heavy atom. The summed E-state index contributed by atoms with van der Waals surface area (Å²) in [4.78, 5) is 0. The van der Waals surface area contributed by atoms with Crippen LogP contribution < -0.4 is 15.6 Å². The Morgan fingerprint density at radius 1 is 1.27 bits per heavy atom. The smallest absolute Gasteiger partial charge is 0.274 e. The molecule has 0 aromatic carbocycles. The molecular formula is C9H23N3O2S. The van der Waals surface area contributed by atoms with Gasteiger partial charge in [-0.2, -0.15) is 8.42 Å². The average molecular weight is 237 g/mol. The third kappa shape index (κ3) is 6.83. The summed E-state index contributed by atoms with van der Waals surface area (Å²) in [6.45, 7) is 4.38. The van der Waals surface area contributed by atoms with Crippen molar-refractivity contribution in [2.45, 2.75) is 45.6 Å². The van der Waals surface area contributed by atoms with Crippen LogP contribution >= 0.6 is 0 Å². The molecule has 2 atom stereocenters. The molecule has 1 aliphatic rings. The Morgan fingerprint density at radius 2 is 1.80 bits per heavy atom. The van der Waals surface area contributed by atoms with Gasteiger partial charge in [-0.05, 0) is 18.8 Å². The topological polar surface area (TPSA) is 98.2 Å². The van der Waals surface area contributed by atoms with Crippen LogP contribution in [0.5, 0.6) is 0 Å². The first-order valence-corrected chi connectivity index (χ1v) is 7.06. The molecule has 1 fully saturated rings. The Kier molecular flexibility index (Phi) is 7.08. The lowest BCUT2D eigenvalue weighted by atomic mass is 9.85. The largest absolute Gasteiger partial charge is 0.327 e. The van der Waals surface area contributed by atoms with Gasteiger partial charge in [0.25, 0.3) is 10.2 Å². The van der Waals surface area contributed by atoms with Gasteiger partial charge >= 0.3 is 0 Å².